The number of methoxy groups -OCH3 is 1. The standard InChI is InChI=1S/C11H23NO3S/c1-15-9-10(11(13)14)12-7-5-3-4-6-8-16-2/h10,12H,3-9H2,1-2H3,(H,13,14). The number of carboxylic acid groups (broad SMARTS) is 1. The lowest BCUT2D eigenvalue weighted by molar-refractivity contribution is -0.140. The van der Waals surface area contributed by atoms with Gasteiger partial charge in [0.05, 0.1) is 6.61 Å². The number of nitrogens with one attached hydrogen (secondary N) is 1. The second kappa shape index (κ2) is 11.2. The van der Waals surface area contributed by atoms with Gasteiger partial charge in [0.1, 0.15) is 6.04 Å². The van der Waals surface area contributed by atoms with Gasteiger partial charge in [0.15, 0.2) is 0 Å². The Morgan fingerprint density at radius 3 is 2.62 bits per heavy atom. The van der Waals surface area contributed by atoms with E-state index in [1.165, 1.54) is 25.7 Å². The first-order valence-corrected chi connectivity index (χ1v) is 7.05. The summed E-state index contributed by atoms with van der Waals surface area (Å²) in [6.45, 7) is 0.974. The van der Waals surface area contributed by atoms with Crippen molar-refractivity contribution in [3.05, 3.63) is 0 Å². The molecule has 0 amide bonds. The van der Waals surface area contributed by atoms with E-state index in [-0.39, 0.29) is 6.61 Å². The molecule has 0 spiro atoms. The number of unbranched alkanes of at least 4 members (excludes halogenated alkanes) is 3. The van der Waals surface area contributed by atoms with Crippen molar-refractivity contribution in [2.24, 2.45) is 0 Å². The van der Waals surface area contributed by atoms with Crippen molar-refractivity contribution < 1.29 is 14.6 Å². The largest absolute Gasteiger partial charge is 0.480 e. The van der Waals surface area contributed by atoms with Crippen LogP contribution in [-0.2, 0) is 9.53 Å². The summed E-state index contributed by atoms with van der Waals surface area (Å²) in [4.78, 5) is 10.7. The predicted octanol–water partition coefficient (Wildman–Crippen LogP) is 1.60. The SMILES string of the molecule is COCC(NCCCCCCSC)C(=O)O. The third kappa shape index (κ3) is 9.00. The molecule has 0 aliphatic carbocycles. The van der Waals surface area contributed by atoms with Gasteiger partial charge in [-0.25, -0.2) is 0 Å². The molecular formula is C11H23NO3S. The molecule has 1 unspecified atom stereocenters. The number of rotatable bonds is 11. The Morgan fingerprint density at radius 1 is 1.38 bits per heavy atom. The zero-order valence-corrected chi connectivity index (χ0v) is 11.0. The van der Waals surface area contributed by atoms with Crippen LogP contribution in [0.1, 0.15) is 25.7 Å². The maximum absolute atomic E-state index is 10.7. The van der Waals surface area contributed by atoms with Gasteiger partial charge in [-0.2, -0.15) is 11.8 Å². The quantitative estimate of drug-likeness (QED) is 0.545. The highest BCUT2D eigenvalue weighted by Gasteiger charge is 2.15. The molecule has 0 aromatic rings. The highest BCUT2D eigenvalue weighted by atomic mass is 32.2. The number of carboxylic acids is 1. The third-order valence-electron chi connectivity index (χ3n) is 2.30. The lowest BCUT2D eigenvalue weighted by Gasteiger charge is -2.12. The van der Waals surface area contributed by atoms with Gasteiger partial charge in [-0.05, 0) is 31.4 Å². The maximum atomic E-state index is 10.7. The van der Waals surface area contributed by atoms with Gasteiger partial charge in [0.2, 0.25) is 0 Å². The minimum absolute atomic E-state index is 0.224. The van der Waals surface area contributed by atoms with Crippen molar-refractivity contribution in [2.45, 2.75) is 31.7 Å². The maximum Gasteiger partial charge on any atom is 0.323 e. The van der Waals surface area contributed by atoms with Crippen LogP contribution < -0.4 is 5.32 Å². The summed E-state index contributed by atoms with van der Waals surface area (Å²) in [7, 11) is 1.51. The van der Waals surface area contributed by atoms with E-state index >= 15 is 0 Å². The van der Waals surface area contributed by atoms with Crippen LogP contribution in [0.25, 0.3) is 0 Å². The molecule has 4 nitrogen and oxygen atoms in total. The number of thioether (sulfide) groups is 1. The number of ether oxygens (including phenoxy) is 1. The summed E-state index contributed by atoms with van der Waals surface area (Å²) in [5.41, 5.74) is 0. The number of hydrogen-bond acceptors (Lipinski definition) is 4. The Bertz CT molecular complexity index is 179. The summed E-state index contributed by atoms with van der Waals surface area (Å²) in [5, 5.41) is 11.8. The first-order chi connectivity index (χ1) is 7.72. The molecule has 96 valence electrons. The minimum Gasteiger partial charge on any atom is -0.480 e. The third-order valence-corrected chi connectivity index (χ3v) is 2.99. The van der Waals surface area contributed by atoms with Crippen LogP contribution in [0.5, 0.6) is 0 Å². The van der Waals surface area contributed by atoms with Crippen molar-refractivity contribution in [1.29, 1.82) is 0 Å². The summed E-state index contributed by atoms with van der Waals surface area (Å²) >= 11 is 1.87. The molecule has 0 rings (SSSR count). The topological polar surface area (TPSA) is 58.6 Å². The van der Waals surface area contributed by atoms with Gasteiger partial charge >= 0.3 is 5.97 Å². The van der Waals surface area contributed by atoms with Crippen molar-refractivity contribution in [3.63, 3.8) is 0 Å². The van der Waals surface area contributed by atoms with Crippen LogP contribution in [-0.4, -0.2) is 49.4 Å². The molecular weight excluding hydrogens is 226 g/mol. The van der Waals surface area contributed by atoms with Crippen LogP contribution in [0, 0.1) is 0 Å². The van der Waals surface area contributed by atoms with E-state index in [1.807, 2.05) is 11.8 Å². The normalized spacial score (nSPS) is 12.6. The molecule has 0 fully saturated rings. The van der Waals surface area contributed by atoms with E-state index in [0.29, 0.717) is 0 Å². The molecule has 0 saturated carbocycles. The summed E-state index contributed by atoms with van der Waals surface area (Å²) in [6, 6.07) is -0.573. The van der Waals surface area contributed by atoms with E-state index in [9.17, 15) is 4.79 Å². The van der Waals surface area contributed by atoms with Crippen LogP contribution >= 0.6 is 11.8 Å². The first-order valence-electron chi connectivity index (χ1n) is 5.66. The first kappa shape index (κ1) is 15.7. The number of aliphatic carboxylic acids is 1. The molecule has 0 aliphatic rings. The fourth-order valence-electron chi connectivity index (χ4n) is 1.39. The molecule has 0 aromatic carbocycles. The Labute approximate surface area is 102 Å². The highest BCUT2D eigenvalue weighted by molar-refractivity contribution is 7.98. The van der Waals surface area contributed by atoms with Gasteiger partial charge in [0, 0.05) is 7.11 Å². The van der Waals surface area contributed by atoms with E-state index < -0.39 is 12.0 Å². The van der Waals surface area contributed by atoms with Crippen molar-refractivity contribution in [3.8, 4) is 0 Å². The summed E-state index contributed by atoms with van der Waals surface area (Å²) < 4.78 is 4.83. The summed E-state index contributed by atoms with van der Waals surface area (Å²) in [6.07, 6.45) is 6.78. The van der Waals surface area contributed by atoms with Gasteiger partial charge in [-0.15, -0.1) is 0 Å². The fourth-order valence-corrected chi connectivity index (χ4v) is 1.88. The van der Waals surface area contributed by atoms with E-state index in [0.717, 1.165) is 19.4 Å². The molecule has 5 heteroatoms. The molecule has 0 aromatic heterocycles. The molecule has 2 N–H and O–H groups in total. The highest BCUT2D eigenvalue weighted by Crippen LogP contribution is 2.04. The van der Waals surface area contributed by atoms with E-state index in [4.69, 9.17) is 9.84 Å². The van der Waals surface area contributed by atoms with Crippen molar-refractivity contribution in [1.82, 2.24) is 5.32 Å². The fraction of sp³-hybridized carbons (Fsp3) is 0.909. The second-order valence-corrected chi connectivity index (χ2v) is 4.69. The van der Waals surface area contributed by atoms with Gasteiger partial charge in [-0.3, -0.25) is 4.79 Å². The van der Waals surface area contributed by atoms with Gasteiger partial charge in [0.25, 0.3) is 0 Å². The lowest BCUT2D eigenvalue weighted by Crippen LogP contribution is -2.40. The molecule has 1 atom stereocenters. The van der Waals surface area contributed by atoms with E-state index in [1.54, 1.807) is 0 Å². The van der Waals surface area contributed by atoms with Crippen molar-refractivity contribution >= 4 is 17.7 Å². The monoisotopic (exact) mass is 249 g/mol. The molecule has 0 aliphatic heterocycles. The van der Waals surface area contributed by atoms with Gasteiger partial charge in [-0.1, -0.05) is 12.8 Å². The van der Waals surface area contributed by atoms with Crippen LogP contribution in [0.3, 0.4) is 0 Å². The van der Waals surface area contributed by atoms with Crippen LogP contribution in [0.15, 0.2) is 0 Å². The van der Waals surface area contributed by atoms with E-state index in [2.05, 4.69) is 11.6 Å². The van der Waals surface area contributed by atoms with Gasteiger partial charge < -0.3 is 15.2 Å². The number of hydrogen-bond donors (Lipinski definition) is 2. The molecule has 0 heterocycles. The van der Waals surface area contributed by atoms with Crippen LogP contribution in [0.2, 0.25) is 0 Å². The predicted molar refractivity (Wildman–Crippen MR) is 68.2 cm³/mol. The zero-order chi connectivity index (χ0) is 12.2. The Morgan fingerprint density at radius 2 is 2.06 bits per heavy atom. The lowest BCUT2D eigenvalue weighted by atomic mass is 10.2. The average molecular weight is 249 g/mol. The molecule has 0 saturated heterocycles. The Kier molecular flexibility index (Phi) is 11.0. The summed E-state index contributed by atoms with van der Waals surface area (Å²) in [5.74, 6) is 0.374. The molecule has 16 heavy (non-hydrogen) atoms. The smallest absolute Gasteiger partial charge is 0.323 e. The Balaban J connectivity index is 3.37. The van der Waals surface area contributed by atoms with Crippen LogP contribution in [0.4, 0.5) is 0 Å². The second-order valence-electron chi connectivity index (χ2n) is 3.71. The molecule has 0 radical (unpaired) electrons. The average Bonchev–Trinajstić information content (AvgIpc) is 2.26. The number of carbonyl (C=O) groups is 1. The molecule has 0 bridgehead atoms. The zero-order valence-electron chi connectivity index (χ0n) is 10.2. The van der Waals surface area contributed by atoms with Crippen molar-refractivity contribution in [2.75, 3.05) is 32.3 Å². The Hall–Kier alpha value is -0.260. The minimum atomic E-state index is -0.843.